The summed E-state index contributed by atoms with van der Waals surface area (Å²) in [6.45, 7) is 4.09. The molecule has 3 aromatic rings. The number of nitrogens with zero attached hydrogens (tertiary/aromatic N) is 2. The first-order valence-electron chi connectivity index (χ1n) is 7.02. The van der Waals surface area contributed by atoms with Gasteiger partial charge < -0.3 is 5.11 Å². The van der Waals surface area contributed by atoms with Crippen LogP contribution in [0.25, 0.3) is 16.9 Å². The molecule has 2 aromatic carbocycles. The van der Waals surface area contributed by atoms with Crippen LogP contribution in [-0.2, 0) is 0 Å². The first-order chi connectivity index (χ1) is 10.6. The van der Waals surface area contributed by atoms with Crippen molar-refractivity contribution >= 4 is 5.97 Å². The molecule has 22 heavy (non-hydrogen) atoms. The second-order valence-electron chi connectivity index (χ2n) is 5.27. The fourth-order valence-electron chi connectivity index (χ4n) is 2.36. The van der Waals surface area contributed by atoms with Gasteiger partial charge in [-0.1, -0.05) is 30.3 Å². The summed E-state index contributed by atoms with van der Waals surface area (Å²) in [5, 5.41) is 13.5. The number of hydrogen-bond donors (Lipinski definition) is 1. The van der Waals surface area contributed by atoms with Gasteiger partial charge in [0.15, 0.2) is 5.69 Å². The predicted octanol–water partition coefficient (Wildman–Crippen LogP) is 3.85. The Balaban J connectivity index is 2.21. The molecule has 3 rings (SSSR count). The van der Waals surface area contributed by atoms with Crippen molar-refractivity contribution in [2.75, 3.05) is 0 Å². The molecule has 0 atom stereocenters. The zero-order valence-corrected chi connectivity index (χ0v) is 12.4. The average molecular weight is 292 g/mol. The third-order valence-corrected chi connectivity index (χ3v) is 3.73. The zero-order valence-electron chi connectivity index (χ0n) is 12.4. The molecule has 0 aliphatic rings. The lowest BCUT2D eigenvalue weighted by molar-refractivity contribution is 0.0690. The minimum absolute atomic E-state index is 0.0390. The quantitative estimate of drug-likeness (QED) is 0.797. The van der Waals surface area contributed by atoms with E-state index in [1.54, 1.807) is 10.7 Å². The number of para-hydroxylation sites is 1. The summed E-state index contributed by atoms with van der Waals surface area (Å²) >= 11 is 0. The smallest absolute Gasteiger partial charge is 0.356 e. The molecular formula is C18H16N2O2. The van der Waals surface area contributed by atoms with Gasteiger partial charge in [-0.05, 0) is 49.2 Å². The van der Waals surface area contributed by atoms with Gasteiger partial charge in [-0.15, -0.1) is 0 Å². The highest BCUT2D eigenvalue weighted by atomic mass is 16.4. The number of aryl methyl sites for hydroxylation is 2. The summed E-state index contributed by atoms with van der Waals surface area (Å²) in [6.07, 6.45) is 0. The van der Waals surface area contributed by atoms with Crippen LogP contribution in [0.5, 0.6) is 0 Å². The molecule has 4 heteroatoms. The third kappa shape index (κ3) is 2.51. The van der Waals surface area contributed by atoms with E-state index in [4.69, 9.17) is 0 Å². The molecule has 0 saturated carbocycles. The highest BCUT2D eigenvalue weighted by Gasteiger charge is 2.16. The minimum atomic E-state index is -1.03. The van der Waals surface area contributed by atoms with Crippen LogP contribution in [0, 0.1) is 13.8 Å². The lowest BCUT2D eigenvalue weighted by Gasteiger charge is -2.09. The summed E-state index contributed by atoms with van der Waals surface area (Å²) in [7, 11) is 0. The zero-order chi connectivity index (χ0) is 15.7. The number of hydrogen-bond acceptors (Lipinski definition) is 2. The Hall–Kier alpha value is -2.88. The summed E-state index contributed by atoms with van der Waals surface area (Å²) in [5.41, 5.74) is 4.96. The van der Waals surface area contributed by atoms with Gasteiger partial charge in [0.25, 0.3) is 0 Å². The van der Waals surface area contributed by atoms with E-state index in [0.717, 1.165) is 22.5 Å². The van der Waals surface area contributed by atoms with Gasteiger partial charge >= 0.3 is 5.97 Å². The monoisotopic (exact) mass is 292 g/mol. The summed E-state index contributed by atoms with van der Waals surface area (Å²) in [6, 6.07) is 17.2. The highest BCUT2D eigenvalue weighted by molar-refractivity contribution is 5.87. The second-order valence-corrected chi connectivity index (χ2v) is 5.27. The summed E-state index contributed by atoms with van der Waals surface area (Å²) in [4.78, 5) is 11.3. The van der Waals surface area contributed by atoms with Crippen LogP contribution in [0.15, 0.2) is 54.6 Å². The number of benzene rings is 2. The van der Waals surface area contributed by atoms with Gasteiger partial charge in [0.2, 0.25) is 0 Å². The van der Waals surface area contributed by atoms with E-state index < -0.39 is 5.97 Å². The van der Waals surface area contributed by atoms with Gasteiger partial charge in [-0.3, -0.25) is 0 Å². The van der Waals surface area contributed by atoms with Crippen LogP contribution < -0.4 is 0 Å². The maximum atomic E-state index is 11.3. The van der Waals surface area contributed by atoms with E-state index in [0.29, 0.717) is 0 Å². The van der Waals surface area contributed by atoms with E-state index in [9.17, 15) is 9.90 Å². The summed E-state index contributed by atoms with van der Waals surface area (Å²) in [5.74, 6) is -1.03. The molecule has 0 spiro atoms. The Labute approximate surface area is 128 Å². The number of aromatic nitrogens is 2. The fraction of sp³-hybridized carbons (Fsp3) is 0.111. The topological polar surface area (TPSA) is 55.1 Å². The van der Waals surface area contributed by atoms with Gasteiger partial charge in [0, 0.05) is 5.56 Å². The molecule has 110 valence electrons. The number of aromatic carboxylic acids is 1. The van der Waals surface area contributed by atoms with Crippen molar-refractivity contribution in [1.29, 1.82) is 0 Å². The van der Waals surface area contributed by atoms with E-state index >= 15 is 0 Å². The van der Waals surface area contributed by atoms with E-state index in [-0.39, 0.29) is 5.69 Å². The third-order valence-electron chi connectivity index (χ3n) is 3.73. The van der Waals surface area contributed by atoms with Gasteiger partial charge in [-0.2, -0.15) is 5.10 Å². The standard InChI is InChI=1S/C18H16N2O2/c1-12-8-9-14(10-13(12)2)17-11-16(18(21)22)19-20(17)15-6-4-3-5-7-15/h3-11H,1-2H3,(H,21,22). The Morgan fingerprint density at radius 1 is 1.00 bits per heavy atom. The van der Waals surface area contributed by atoms with Crippen molar-refractivity contribution in [2.24, 2.45) is 0 Å². The second kappa shape index (κ2) is 5.48. The van der Waals surface area contributed by atoms with Crippen LogP contribution in [0.1, 0.15) is 21.6 Å². The molecule has 0 unspecified atom stereocenters. The van der Waals surface area contributed by atoms with Crippen LogP contribution in [-0.4, -0.2) is 20.9 Å². The largest absolute Gasteiger partial charge is 0.476 e. The molecule has 1 N–H and O–H groups in total. The van der Waals surface area contributed by atoms with Crippen molar-refractivity contribution in [3.63, 3.8) is 0 Å². The van der Waals surface area contributed by atoms with Crippen molar-refractivity contribution in [3.05, 3.63) is 71.4 Å². The first kappa shape index (κ1) is 14.1. The molecule has 0 radical (unpaired) electrons. The van der Waals surface area contributed by atoms with E-state index in [2.05, 4.69) is 18.1 Å². The van der Waals surface area contributed by atoms with Gasteiger partial charge in [0.1, 0.15) is 0 Å². The predicted molar refractivity (Wildman–Crippen MR) is 85.4 cm³/mol. The Bertz CT molecular complexity index is 836. The molecule has 0 fully saturated rings. The normalized spacial score (nSPS) is 10.6. The van der Waals surface area contributed by atoms with E-state index in [1.807, 2.05) is 49.4 Å². The maximum absolute atomic E-state index is 11.3. The van der Waals surface area contributed by atoms with Crippen molar-refractivity contribution in [2.45, 2.75) is 13.8 Å². The first-order valence-corrected chi connectivity index (χ1v) is 7.02. The molecule has 0 bridgehead atoms. The van der Waals surface area contributed by atoms with E-state index in [1.165, 1.54) is 5.56 Å². The Kier molecular flexibility index (Phi) is 3.51. The Morgan fingerprint density at radius 3 is 2.36 bits per heavy atom. The summed E-state index contributed by atoms with van der Waals surface area (Å²) < 4.78 is 1.67. The molecule has 1 aromatic heterocycles. The maximum Gasteiger partial charge on any atom is 0.356 e. The fourth-order valence-corrected chi connectivity index (χ4v) is 2.36. The molecular weight excluding hydrogens is 276 g/mol. The molecule has 0 aliphatic heterocycles. The molecule has 4 nitrogen and oxygen atoms in total. The van der Waals surface area contributed by atoms with Crippen molar-refractivity contribution in [3.8, 4) is 16.9 Å². The average Bonchev–Trinajstić information content (AvgIpc) is 2.96. The number of carboxylic acid groups (broad SMARTS) is 1. The SMILES string of the molecule is Cc1ccc(-c2cc(C(=O)O)nn2-c2ccccc2)cc1C. The van der Waals surface area contributed by atoms with Crippen LogP contribution in [0.4, 0.5) is 0 Å². The van der Waals surface area contributed by atoms with Crippen LogP contribution >= 0.6 is 0 Å². The van der Waals surface area contributed by atoms with Crippen LogP contribution in [0.3, 0.4) is 0 Å². The molecule has 0 amide bonds. The van der Waals surface area contributed by atoms with Crippen LogP contribution in [0.2, 0.25) is 0 Å². The van der Waals surface area contributed by atoms with Gasteiger partial charge in [0.05, 0.1) is 11.4 Å². The molecule has 1 heterocycles. The molecule has 0 saturated heterocycles. The molecule has 0 aliphatic carbocycles. The number of carboxylic acids is 1. The number of rotatable bonds is 3. The van der Waals surface area contributed by atoms with Gasteiger partial charge in [-0.25, -0.2) is 9.48 Å². The Morgan fingerprint density at radius 2 is 1.73 bits per heavy atom. The number of carbonyl (C=O) groups is 1. The lowest BCUT2D eigenvalue weighted by Crippen LogP contribution is -2.02. The van der Waals surface area contributed by atoms with Crippen molar-refractivity contribution < 1.29 is 9.90 Å². The van der Waals surface area contributed by atoms with Crippen molar-refractivity contribution in [1.82, 2.24) is 9.78 Å². The minimum Gasteiger partial charge on any atom is -0.476 e. The highest BCUT2D eigenvalue weighted by Crippen LogP contribution is 2.26. The lowest BCUT2D eigenvalue weighted by atomic mass is 10.0.